The van der Waals surface area contributed by atoms with Crippen LogP contribution in [0.25, 0.3) is 0 Å². The lowest BCUT2D eigenvalue weighted by Gasteiger charge is -2.07. The Hall–Kier alpha value is -2.35. The molecule has 0 saturated heterocycles. The fraction of sp³-hybridized carbons (Fsp3) is 0.222. The van der Waals surface area contributed by atoms with Gasteiger partial charge >= 0.3 is 0 Å². The van der Waals surface area contributed by atoms with Crippen molar-refractivity contribution in [3.05, 3.63) is 48.5 Å². The molecule has 132 valence electrons. The summed E-state index contributed by atoms with van der Waals surface area (Å²) in [6.07, 6.45) is 0. The van der Waals surface area contributed by atoms with E-state index in [0.717, 1.165) is 9.79 Å². The maximum atomic E-state index is 11.1. The Morgan fingerprint density at radius 2 is 1.08 bits per heavy atom. The number of benzene rings is 2. The van der Waals surface area contributed by atoms with Crippen LogP contribution in [0.4, 0.5) is 0 Å². The molecule has 0 bridgehead atoms. The first-order valence-electron chi connectivity index (χ1n) is 7.68. The van der Waals surface area contributed by atoms with Crippen LogP contribution >= 0.6 is 11.8 Å². The van der Waals surface area contributed by atoms with Crippen molar-refractivity contribution in [2.75, 3.05) is 26.3 Å². The van der Waals surface area contributed by atoms with Crippen LogP contribution in [0.3, 0.4) is 0 Å². The highest BCUT2D eigenvalue weighted by Gasteiger charge is 2.03. The number of hydrogen-bond donors (Lipinski definition) is 2. The third-order valence-corrected chi connectivity index (χ3v) is 4.15. The van der Waals surface area contributed by atoms with E-state index in [2.05, 4.69) is 0 Å². The molecular weight excluding hydrogens is 340 g/mol. The first kappa shape index (κ1) is 19.0. The fourth-order valence-corrected chi connectivity index (χ4v) is 2.61. The second-order valence-electron chi connectivity index (χ2n) is 5.11. The van der Waals surface area contributed by atoms with Crippen molar-refractivity contribution < 1.29 is 19.1 Å². The van der Waals surface area contributed by atoms with Crippen molar-refractivity contribution in [2.24, 2.45) is 11.5 Å². The monoisotopic (exact) mass is 360 g/mol. The third-order valence-electron chi connectivity index (χ3n) is 3.14. The predicted octanol–water partition coefficient (Wildman–Crippen LogP) is 1.65. The Labute approximate surface area is 150 Å². The molecule has 0 atom stereocenters. The van der Waals surface area contributed by atoms with Crippen molar-refractivity contribution >= 4 is 23.3 Å². The molecule has 25 heavy (non-hydrogen) atoms. The van der Waals surface area contributed by atoms with Crippen LogP contribution in [0.5, 0.6) is 11.5 Å². The maximum Gasteiger partial charge on any atom is 0.183 e. The second-order valence-corrected chi connectivity index (χ2v) is 6.25. The molecule has 0 spiro atoms. The van der Waals surface area contributed by atoms with Crippen LogP contribution in [-0.4, -0.2) is 37.9 Å². The van der Waals surface area contributed by atoms with Gasteiger partial charge in [-0.2, -0.15) is 0 Å². The summed E-state index contributed by atoms with van der Waals surface area (Å²) in [5.74, 6) is 0.960. The average molecular weight is 360 g/mol. The number of hydrogen-bond acceptors (Lipinski definition) is 7. The highest BCUT2D eigenvalue weighted by molar-refractivity contribution is 7.99. The molecule has 0 aromatic heterocycles. The van der Waals surface area contributed by atoms with E-state index in [4.69, 9.17) is 20.9 Å². The van der Waals surface area contributed by atoms with Crippen molar-refractivity contribution in [3.63, 3.8) is 0 Å². The van der Waals surface area contributed by atoms with Crippen LogP contribution in [0.15, 0.2) is 58.3 Å². The van der Waals surface area contributed by atoms with E-state index in [0.29, 0.717) is 11.5 Å². The fourth-order valence-electron chi connectivity index (χ4n) is 1.79. The molecule has 7 heteroatoms. The van der Waals surface area contributed by atoms with E-state index < -0.39 is 0 Å². The zero-order valence-corrected chi connectivity index (χ0v) is 14.5. The Morgan fingerprint density at radius 1 is 0.720 bits per heavy atom. The van der Waals surface area contributed by atoms with Gasteiger partial charge in [0, 0.05) is 9.79 Å². The van der Waals surface area contributed by atoms with E-state index in [1.165, 1.54) is 0 Å². The summed E-state index contributed by atoms with van der Waals surface area (Å²) in [6, 6.07) is 14.9. The van der Waals surface area contributed by atoms with Crippen molar-refractivity contribution in [1.82, 2.24) is 0 Å². The summed E-state index contributed by atoms with van der Waals surface area (Å²) in [6.45, 7) is -0.0731. The molecule has 2 rings (SSSR count). The van der Waals surface area contributed by atoms with Crippen LogP contribution in [0, 0.1) is 0 Å². The van der Waals surface area contributed by atoms with Gasteiger partial charge in [-0.25, -0.2) is 0 Å². The van der Waals surface area contributed by atoms with Crippen molar-refractivity contribution in [2.45, 2.75) is 9.79 Å². The van der Waals surface area contributed by atoms with Crippen molar-refractivity contribution in [3.8, 4) is 11.5 Å². The maximum absolute atomic E-state index is 11.1. The molecule has 6 nitrogen and oxygen atoms in total. The minimum atomic E-state index is -0.145. The van der Waals surface area contributed by atoms with Gasteiger partial charge in [-0.3, -0.25) is 9.59 Å². The van der Waals surface area contributed by atoms with Gasteiger partial charge < -0.3 is 20.9 Å². The molecule has 0 fully saturated rings. The predicted molar refractivity (Wildman–Crippen MR) is 96.1 cm³/mol. The van der Waals surface area contributed by atoms with Crippen molar-refractivity contribution in [1.29, 1.82) is 0 Å². The van der Waals surface area contributed by atoms with Crippen LogP contribution in [0.2, 0.25) is 0 Å². The summed E-state index contributed by atoms with van der Waals surface area (Å²) in [4.78, 5) is 24.3. The third kappa shape index (κ3) is 6.58. The molecule has 0 aliphatic heterocycles. The number of carbonyl (C=O) groups is 2. The SMILES string of the molecule is NCC(=O)COc1ccc(Sc2ccc(OCC(=O)CN)cc2)cc1. The molecule has 0 aliphatic rings. The molecule has 4 N–H and O–H groups in total. The van der Waals surface area contributed by atoms with E-state index >= 15 is 0 Å². The normalized spacial score (nSPS) is 10.3. The van der Waals surface area contributed by atoms with Gasteiger partial charge in [-0.05, 0) is 48.5 Å². The highest BCUT2D eigenvalue weighted by atomic mass is 32.2. The first-order chi connectivity index (χ1) is 12.1. The first-order valence-corrected chi connectivity index (χ1v) is 8.49. The van der Waals surface area contributed by atoms with Gasteiger partial charge in [0.1, 0.15) is 24.7 Å². The number of nitrogens with two attached hydrogens (primary N) is 2. The molecule has 0 aliphatic carbocycles. The van der Waals surface area contributed by atoms with Gasteiger partial charge in [0.25, 0.3) is 0 Å². The molecule has 0 saturated carbocycles. The minimum absolute atomic E-state index is 0.0168. The number of ketones is 2. The van der Waals surface area contributed by atoms with Gasteiger partial charge in [-0.15, -0.1) is 0 Å². The molecule has 2 aromatic carbocycles. The summed E-state index contributed by atoms with van der Waals surface area (Å²) >= 11 is 1.58. The van der Waals surface area contributed by atoms with E-state index in [1.807, 2.05) is 48.5 Å². The molecule has 2 aromatic rings. The number of rotatable bonds is 10. The Morgan fingerprint density at radius 3 is 1.40 bits per heavy atom. The Kier molecular flexibility index (Phi) is 7.46. The van der Waals surface area contributed by atoms with Gasteiger partial charge in [0.05, 0.1) is 13.1 Å². The van der Waals surface area contributed by atoms with E-state index in [1.54, 1.807) is 11.8 Å². The van der Waals surface area contributed by atoms with Crippen LogP contribution in [-0.2, 0) is 9.59 Å². The quantitative estimate of drug-likeness (QED) is 0.664. The number of Topliss-reactive ketones (excluding diaryl/α,β-unsaturated/α-hetero) is 2. The van der Waals surface area contributed by atoms with Crippen LogP contribution < -0.4 is 20.9 Å². The Bertz CT molecular complexity index is 641. The lowest BCUT2D eigenvalue weighted by Crippen LogP contribution is -2.20. The average Bonchev–Trinajstić information content (AvgIpc) is 2.66. The lowest BCUT2D eigenvalue weighted by molar-refractivity contribution is -0.120. The number of ether oxygens (including phenoxy) is 2. The minimum Gasteiger partial charge on any atom is -0.486 e. The number of carbonyl (C=O) groups excluding carboxylic acids is 2. The van der Waals surface area contributed by atoms with E-state index in [-0.39, 0.29) is 37.9 Å². The standard InChI is InChI=1S/C18H20N2O4S/c19-9-13(21)11-23-15-1-5-17(6-2-15)25-18-7-3-16(4-8-18)24-12-14(22)10-20/h1-8H,9-12,19-20H2. The van der Waals surface area contributed by atoms with Gasteiger partial charge in [0.2, 0.25) is 0 Å². The highest BCUT2D eigenvalue weighted by Crippen LogP contribution is 2.30. The van der Waals surface area contributed by atoms with Crippen LogP contribution in [0.1, 0.15) is 0 Å². The summed E-state index contributed by atoms with van der Waals surface area (Å²) in [7, 11) is 0. The van der Waals surface area contributed by atoms with E-state index in [9.17, 15) is 9.59 Å². The van der Waals surface area contributed by atoms with Gasteiger partial charge in [-0.1, -0.05) is 11.8 Å². The molecule has 0 radical (unpaired) electrons. The Balaban J connectivity index is 1.87. The summed E-state index contributed by atoms with van der Waals surface area (Å²) < 4.78 is 10.7. The van der Waals surface area contributed by atoms with Gasteiger partial charge in [0.15, 0.2) is 11.6 Å². The topological polar surface area (TPSA) is 105 Å². The largest absolute Gasteiger partial charge is 0.486 e. The lowest BCUT2D eigenvalue weighted by atomic mass is 10.3. The zero-order chi connectivity index (χ0) is 18.1. The second kappa shape index (κ2) is 9.83. The molecule has 0 heterocycles. The molecule has 0 unspecified atom stereocenters. The molecule has 0 amide bonds. The molecular formula is C18H20N2O4S. The summed E-state index contributed by atoms with van der Waals surface area (Å²) in [5, 5.41) is 0. The smallest absolute Gasteiger partial charge is 0.183 e. The summed E-state index contributed by atoms with van der Waals surface area (Å²) in [5.41, 5.74) is 10.5. The zero-order valence-electron chi connectivity index (χ0n) is 13.6.